The van der Waals surface area contributed by atoms with Crippen LogP contribution in [0.15, 0.2) is 6.20 Å². The van der Waals surface area contributed by atoms with Crippen molar-refractivity contribution in [2.45, 2.75) is 46.1 Å². The number of carbonyl (C=O) groups excluding carboxylic acids is 1. The van der Waals surface area contributed by atoms with Crippen molar-refractivity contribution in [3.8, 4) is 5.75 Å². The zero-order chi connectivity index (χ0) is 13.2. The molecule has 0 bridgehead atoms. The summed E-state index contributed by atoms with van der Waals surface area (Å²) in [6, 6.07) is 0. The molecule has 0 fully saturated rings. The number of halogens is 1. The molecule has 0 aromatic carbocycles. The minimum absolute atomic E-state index is 0.177. The van der Waals surface area contributed by atoms with Gasteiger partial charge < -0.3 is 9.53 Å². The zero-order valence-electron chi connectivity index (χ0n) is 10.9. The molecule has 0 amide bonds. The maximum Gasteiger partial charge on any atom is 0.183 e. The van der Waals surface area contributed by atoms with Crippen LogP contribution in [0.4, 0.5) is 4.39 Å². The SMILES string of the molecule is Cc1c(C(C)C=O)ncc(F)c1OC(C)(C)C. The van der Waals surface area contributed by atoms with Crippen molar-refractivity contribution >= 4 is 6.29 Å². The highest BCUT2D eigenvalue weighted by Gasteiger charge is 2.21. The first-order valence-corrected chi connectivity index (χ1v) is 5.55. The van der Waals surface area contributed by atoms with Gasteiger partial charge in [-0.1, -0.05) is 6.92 Å². The molecule has 0 saturated carbocycles. The standard InChI is InChI=1S/C13H18FNO2/c1-8(7-16)11-9(2)12(10(14)6-15-11)17-13(3,4)5/h6-8H,1-5H3. The Morgan fingerprint density at radius 3 is 2.53 bits per heavy atom. The second-order valence-electron chi connectivity index (χ2n) is 5.08. The van der Waals surface area contributed by atoms with E-state index in [0.29, 0.717) is 11.3 Å². The van der Waals surface area contributed by atoms with E-state index in [1.807, 2.05) is 20.8 Å². The van der Waals surface area contributed by atoms with Gasteiger partial charge in [0.05, 0.1) is 17.8 Å². The molecule has 1 aromatic heterocycles. The Hall–Kier alpha value is -1.45. The molecule has 0 aliphatic rings. The Kier molecular flexibility index (Phi) is 3.86. The highest BCUT2D eigenvalue weighted by Crippen LogP contribution is 2.30. The van der Waals surface area contributed by atoms with Gasteiger partial charge in [-0.15, -0.1) is 0 Å². The minimum atomic E-state index is -0.501. The van der Waals surface area contributed by atoms with E-state index >= 15 is 0 Å². The maximum atomic E-state index is 13.7. The molecule has 1 unspecified atom stereocenters. The predicted molar refractivity (Wildman–Crippen MR) is 63.8 cm³/mol. The molecule has 17 heavy (non-hydrogen) atoms. The topological polar surface area (TPSA) is 39.2 Å². The van der Waals surface area contributed by atoms with Crippen LogP contribution < -0.4 is 4.74 Å². The number of aldehydes is 1. The van der Waals surface area contributed by atoms with Crippen LogP contribution in [0.2, 0.25) is 0 Å². The Labute approximate surface area is 101 Å². The molecule has 1 aromatic rings. The number of carbonyl (C=O) groups is 1. The lowest BCUT2D eigenvalue weighted by molar-refractivity contribution is -0.108. The van der Waals surface area contributed by atoms with Gasteiger partial charge in [0.1, 0.15) is 11.9 Å². The van der Waals surface area contributed by atoms with Crippen LogP contribution in [0.1, 0.15) is 44.9 Å². The van der Waals surface area contributed by atoms with Crippen molar-refractivity contribution in [3.05, 3.63) is 23.3 Å². The van der Waals surface area contributed by atoms with E-state index in [2.05, 4.69) is 4.98 Å². The van der Waals surface area contributed by atoms with Gasteiger partial charge in [0, 0.05) is 5.56 Å². The van der Waals surface area contributed by atoms with Gasteiger partial charge in [0.15, 0.2) is 11.6 Å². The summed E-state index contributed by atoms with van der Waals surface area (Å²) in [6.07, 6.45) is 1.89. The van der Waals surface area contributed by atoms with Crippen LogP contribution in [0.3, 0.4) is 0 Å². The monoisotopic (exact) mass is 239 g/mol. The number of ether oxygens (including phenoxy) is 1. The third-order valence-corrected chi connectivity index (χ3v) is 2.30. The van der Waals surface area contributed by atoms with Crippen molar-refractivity contribution in [2.24, 2.45) is 0 Å². The smallest absolute Gasteiger partial charge is 0.183 e. The minimum Gasteiger partial charge on any atom is -0.485 e. The fraction of sp³-hybridized carbons (Fsp3) is 0.538. The molecule has 3 nitrogen and oxygen atoms in total. The molecule has 0 aliphatic carbocycles. The number of nitrogens with zero attached hydrogens (tertiary/aromatic N) is 1. The molecule has 0 aliphatic heterocycles. The van der Waals surface area contributed by atoms with Gasteiger partial charge in [0.25, 0.3) is 0 Å². The summed E-state index contributed by atoms with van der Waals surface area (Å²) < 4.78 is 19.2. The predicted octanol–water partition coefficient (Wildman–Crippen LogP) is 3.01. The summed E-state index contributed by atoms with van der Waals surface area (Å²) in [5.74, 6) is -0.687. The first-order chi connectivity index (χ1) is 7.76. The third-order valence-electron chi connectivity index (χ3n) is 2.30. The lowest BCUT2D eigenvalue weighted by atomic mass is 10.0. The van der Waals surface area contributed by atoms with Crippen molar-refractivity contribution in [1.29, 1.82) is 0 Å². The Bertz CT molecular complexity index is 424. The van der Waals surface area contributed by atoms with Crippen LogP contribution in [0, 0.1) is 12.7 Å². The molecule has 1 heterocycles. The largest absolute Gasteiger partial charge is 0.485 e. The Morgan fingerprint density at radius 1 is 1.47 bits per heavy atom. The van der Waals surface area contributed by atoms with E-state index in [1.165, 1.54) is 0 Å². The van der Waals surface area contributed by atoms with Crippen LogP contribution in [0.5, 0.6) is 5.75 Å². The van der Waals surface area contributed by atoms with Gasteiger partial charge in [-0.3, -0.25) is 4.98 Å². The summed E-state index contributed by atoms with van der Waals surface area (Å²) in [5, 5.41) is 0. The average Bonchev–Trinajstić information content (AvgIpc) is 2.22. The molecule has 4 heteroatoms. The van der Waals surface area contributed by atoms with Gasteiger partial charge in [-0.05, 0) is 27.7 Å². The molecule has 94 valence electrons. The van der Waals surface area contributed by atoms with Gasteiger partial charge in [-0.25, -0.2) is 4.39 Å². The summed E-state index contributed by atoms with van der Waals surface area (Å²) in [4.78, 5) is 14.7. The van der Waals surface area contributed by atoms with E-state index in [4.69, 9.17) is 4.74 Å². The van der Waals surface area contributed by atoms with Crippen LogP contribution in [-0.2, 0) is 4.79 Å². The van der Waals surface area contributed by atoms with Crippen LogP contribution in [0.25, 0.3) is 0 Å². The van der Waals surface area contributed by atoms with Crippen molar-refractivity contribution in [2.75, 3.05) is 0 Å². The zero-order valence-corrected chi connectivity index (χ0v) is 10.9. The first-order valence-electron chi connectivity index (χ1n) is 5.55. The molecular formula is C13H18FNO2. The number of rotatable bonds is 3. The highest BCUT2D eigenvalue weighted by molar-refractivity contribution is 5.62. The van der Waals surface area contributed by atoms with E-state index in [9.17, 15) is 9.18 Å². The van der Waals surface area contributed by atoms with Gasteiger partial charge in [-0.2, -0.15) is 0 Å². The van der Waals surface area contributed by atoms with Crippen molar-refractivity contribution in [1.82, 2.24) is 4.98 Å². The summed E-state index contributed by atoms with van der Waals surface area (Å²) in [7, 11) is 0. The van der Waals surface area contributed by atoms with Crippen LogP contribution >= 0.6 is 0 Å². The lowest BCUT2D eigenvalue weighted by Gasteiger charge is -2.24. The normalized spacial score (nSPS) is 13.3. The molecule has 1 atom stereocenters. The summed E-state index contributed by atoms with van der Waals surface area (Å²) >= 11 is 0. The molecule has 1 rings (SSSR count). The Morgan fingerprint density at radius 2 is 2.06 bits per heavy atom. The van der Waals surface area contributed by atoms with E-state index in [1.54, 1.807) is 13.8 Å². The molecular weight excluding hydrogens is 221 g/mol. The number of pyridine rings is 1. The highest BCUT2D eigenvalue weighted by atomic mass is 19.1. The van der Waals surface area contributed by atoms with E-state index < -0.39 is 11.4 Å². The molecule has 0 spiro atoms. The van der Waals surface area contributed by atoms with Crippen molar-refractivity contribution < 1.29 is 13.9 Å². The number of hydrogen-bond acceptors (Lipinski definition) is 3. The average molecular weight is 239 g/mol. The fourth-order valence-electron chi connectivity index (χ4n) is 1.53. The molecule has 0 radical (unpaired) electrons. The van der Waals surface area contributed by atoms with Crippen molar-refractivity contribution in [3.63, 3.8) is 0 Å². The molecule has 0 N–H and O–H groups in total. The van der Waals surface area contributed by atoms with E-state index in [-0.39, 0.29) is 11.7 Å². The second-order valence-corrected chi connectivity index (χ2v) is 5.08. The Balaban J connectivity index is 3.25. The first kappa shape index (κ1) is 13.6. The molecule has 0 saturated heterocycles. The number of hydrogen-bond donors (Lipinski definition) is 0. The van der Waals surface area contributed by atoms with Gasteiger partial charge in [0.2, 0.25) is 0 Å². The maximum absolute atomic E-state index is 13.7. The van der Waals surface area contributed by atoms with Crippen LogP contribution in [-0.4, -0.2) is 16.9 Å². The van der Waals surface area contributed by atoms with E-state index in [0.717, 1.165) is 12.5 Å². The summed E-state index contributed by atoms with van der Waals surface area (Å²) in [5.41, 5.74) is 0.648. The quantitative estimate of drug-likeness (QED) is 0.761. The fourth-order valence-corrected chi connectivity index (χ4v) is 1.53. The third kappa shape index (κ3) is 3.25. The summed E-state index contributed by atoms with van der Waals surface area (Å²) in [6.45, 7) is 8.97. The second kappa shape index (κ2) is 4.82. The number of aromatic nitrogens is 1. The van der Waals surface area contributed by atoms with Gasteiger partial charge >= 0.3 is 0 Å². The lowest BCUT2D eigenvalue weighted by Crippen LogP contribution is -2.24.